The second-order valence-corrected chi connectivity index (χ2v) is 12.4. The van der Waals surface area contributed by atoms with E-state index in [4.69, 9.17) is 19.0 Å². The van der Waals surface area contributed by atoms with Gasteiger partial charge in [-0.2, -0.15) is 0 Å². The van der Waals surface area contributed by atoms with Gasteiger partial charge >= 0.3 is 0 Å². The second-order valence-electron chi connectivity index (χ2n) is 9.06. The van der Waals surface area contributed by atoms with E-state index in [-0.39, 0.29) is 31.0 Å². The first-order chi connectivity index (χ1) is 17.9. The van der Waals surface area contributed by atoms with Crippen LogP contribution >= 0.6 is 11.3 Å². The number of thiazole rings is 1. The molecule has 0 bridgehead atoms. The smallest absolute Gasteiger partial charge is 0.265 e. The summed E-state index contributed by atoms with van der Waals surface area (Å²) in [5.41, 5.74) is 4.00. The van der Waals surface area contributed by atoms with Crippen LogP contribution in [-0.4, -0.2) is 56.8 Å². The first kappa shape index (κ1) is 26.1. The van der Waals surface area contributed by atoms with Crippen LogP contribution in [0.2, 0.25) is 0 Å². The molecule has 2 aliphatic rings. The van der Waals surface area contributed by atoms with Crippen molar-refractivity contribution in [1.82, 2.24) is 10.5 Å². The highest BCUT2D eigenvalue weighted by atomic mass is 32.2. The second kappa shape index (κ2) is 11.0. The van der Waals surface area contributed by atoms with Crippen LogP contribution in [0.15, 0.2) is 47.4 Å². The zero-order chi connectivity index (χ0) is 25.9. The van der Waals surface area contributed by atoms with Crippen LogP contribution in [0.1, 0.15) is 39.0 Å². The highest BCUT2D eigenvalue weighted by molar-refractivity contribution is 7.93. The van der Waals surface area contributed by atoms with Gasteiger partial charge in [-0.3, -0.25) is 4.79 Å². The lowest BCUT2D eigenvalue weighted by Gasteiger charge is -2.35. The van der Waals surface area contributed by atoms with Crippen LogP contribution in [0.3, 0.4) is 0 Å². The summed E-state index contributed by atoms with van der Waals surface area (Å²) in [6.45, 7) is 3.39. The van der Waals surface area contributed by atoms with Crippen LogP contribution in [-0.2, 0) is 28.9 Å². The monoisotopic (exact) mass is 546 g/mol. The zero-order valence-electron chi connectivity index (χ0n) is 20.6. The molecular weight excluding hydrogens is 516 g/mol. The van der Waals surface area contributed by atoms with Crippen molar-refractivity contribution >= 4 is 37.3 Å². The Hall–Kier alpha value is -2.57. The minimum absolute atomic E-state index is 0.0359. The molecule has 2 saturated heterocycles. The van der Waals surface area contributed by atoms with Crippen molar-refractivity contribution in [3.63, 3.8) is 0 Å². The summed E-state index contributed by atoms with van der Waals surface area (Å²) < 4.78 is 43.4. The highest BCUT2D eigenvalue weighted by Gasteiger charge is 2.52. The van der Waals surface area contributed by atoms with E-state index >= 15 is 0 Å². The Kier molecular flexibility index (Phi) is 7.77. The third-order valence-corrected chi connectivity index (χ3v) is 10.3. The molecule has 3 aromatic rings. The largest absolute Gasteiger partial charge is 0.494 e. The molecule has 37 heavy (non-hydrogen) atoms. The molecule has 11 heteroatoms. The summed E-state index contributed by atoms with van der Waals surface area (Å²) in [5.74, 6) is 0.0873. The summed E-state index contributed by atoms with van der Waals surface area (Å²) in [6.07, 6.45) is 1.99. The van der Waals surface area contributed by atoms with Gasteiger partial charge < -0.3 is 14.2 Å². The number of benzene rings is 2. The molecule has 0 spiro atoms. The van der Waals surface area contributed by atoms with Gasteiger partial charge in [-0.1, -0.05) is 0 Å². The summed E-state index contributed by atoms with van der Waals surface area (Å²) in [6, 6.07) is 12.4. The molecule has 2 aromatic carbocycles. The topological polar surface area (TPSA) is 113 Å². The van der Waals surface area contributed by atoms with Crippen molar-refractivity contribution in [2.24, 2.45) is 0 Å². The number of rotatable bonds is 8. The zero-order valence-corrected chi connectivity index (χ0v) is 22.2. The fraction of sp³-hybridized carbons (Fsp3) is 0.462. The number of amides is 1. The van der Waals surface area contributed by atoms with Gasteiger partial charge in [0.1, 0.15) is 10.8 Å². The van der Waals surface area contributed by atoms with Crippen LogP contribution in [0, 0.1) is 0 Å². The van der Waals surface area contributed by atoms with Crippen molar-refractivity contribution < 1.29 is 32.3 Å². The summed E-state index contributed by atoms with van der Waals surface area (Å²) in [7, 11) is -4.09. The molecule has 1 N–H and O–H groups in total. The van der Waals surface area contributed by atoms with Crippen LogP contribution in [0.25, 0.3) is 20.8 Å². The van der Waals surface area contributed by atoms with Gasteiger partial charge in [-0.15, -0.1) is 11.3 Å². The predicted octanol–water partition coefficient (Wildman–Crippen LogP) is 4.26. The fourth-order valence-electron chi connectivity index (χ4n) is 4.62. The van der Waals surface area contributed by atoms with Gasteiger partial charge in [0.2, 0.25) is 0 Å². The van der Waals surface area contributed by atoms with E-state index < -0.39 is 26.8 Å². The number of fused-ring (bicyclic) bond motifs is 1. The Balaban J connectivity index is 1.42. The number of ether oxygens (including phenoxy) is 3. The van der Waals surface area contributed by atoms with E-state index in [9.17, 15) is 13.2 Å². The maximum atomic E-state index is 14.0. The predicted molar refractivity (Wildman–Crippen MR) is 139 cm³/mol. The third-order valence-electron chi connectivity index (χ3n) is 6.73. The average molecular weight is 547 g/mol. The standard InChI is InChI=1S/C26H30N2O7S2/c1-2-33-19-8-6-18(7-9-19)24-27-21-11-10-20(17-22(21)36-24)37(30,31)26(12-15-32-16-13-26)25(29)28-35-23-5-3-4-14-34-23/h6-11,17,23H,2-5,12-16H2,1H3,(H,28,29). The van der Waals surface area contributed by atoms with Crippen molar-refractivity contribution in [2.45, 2.75) is 55.0 Å². The lowest BCUT2D eigenvalue weighted by atomic mass is 9.98. The quantitative estimate of drug-likeness (QED) is 0.417. The lowest BCUT2D eigenvalue weighted by Crippen LogP contribution is -2.56. The Bertz CT molecular complexity index is 1340. The van der Waals surface area contributed by atoms with Gasteiger partial charge in [0.25, 0.3) is 5.91 Å². The Labute approximate surface area is 220 Å². The molecule has 9 nitrogen and oxygen atoms in total. The molecule has 2 fully saturated rings. The third kappa shape index (κ3) is 5.23. The minimum Gasteiger partial charge on any atom is -0.494 e. The maximum Gasteiger partial charge on any atom is 0.265 e. The molecule has 1 atom stereocenters. The van der Waals surface area contributed by atoms with Crippen LogP contribution < -0.4 is 10.2 Å². The lowest BCUT2D eigenvalue weighted by molar-refractivity contribution is -0.202. The van der Waals surface area contributed by atoms with E-state index in [0.29, 0.717) is 25.2 Å². The molecule has 198 valence electrons. The number of hydroxylamine groups is 1. The highest BCUT2D eigenvalue weighted by Crippen LogP contribution is 2.38. The number of nitrogens with one attached hydrogen (secondary N) is 1. The normalized spacial score (nSPS) is 20.0. The Morgan fingerprint density at radius 3 is 2.62 bits per heavy atom. The minimum atomic E-state index is -4.09. The summed E-state index contributed by atoms with van der Waals surface area (Å²) in [4.78, 5) is 23.6. The van der Waals surface area contributed by atoms with E-state index in [1.165, 1.54) is 17.4 Å². The fourth-order valence-corrected chi connectivity index (χ4v) is 7.66. The number of carbonyl (C=O) groups is 1. The van der Waals surface area contributed by atoms with Crippen molar-refractivity contribution in [3.8, 4) is 16.3 Å². The van der Waals surface area contributed by atoms with Gasteiger partial charge in [0, 0.05) is 31.8 Å². The van der Waals surface area contributed by atoms with Gasteiger partial charge in [0.15, 0.2) is 20.9 Å². The number of nitrogens with zero attached hydrogens (tertiary/aromatic N) is 1. The van der Waals surface area contributed by atoms with E-state index in [0.717, 1.165) is 33.9 Å². The van der Waals surface area contributed by atoms with Crippen LogP contribution in [0.4, 0.5) is 0 Å². The number of sulfone groups is 1. The van der Waals surface area contributed by atoms with E-state index in [1.807, 2.05) is 31.2 Å². The molecule has 1 aromatic heterocycles. The molecule has 2 aliphatic heterocycles. The molecule has 5 rings (SSSR count). The van der Waals surface area contributed by atoms with E-state index in [1.54, 1.807) is 12.1 Å². The number of hydrogen-bond donors (Lipinski definition) is 1. The molecule has 0 radical (unpaired) electrons. The van der Waals surface area contributed by atoms with Crippen molar-refractivity contribution in [1.29, 1.82) is 0 Å². The van der Waals surface area contributed by atoms with Gasteiger partial charge in [-0.05, 0) is 75.1 Å². The molecular formula is C26H30N2O7S2. The first-order valence-corrected chi connectivity index (χ1v) is 14.8. The SMILES string of the molecule is CCOc1ccc(-c2nc3ccc(S(=O)(=O)C4(C(=O)NOC5CCCCO5)CCOCC4)cc3s2)cc1. The first-order valence-electron chi connectivity index (χ1n) is 12.5. The van der Waals surface area contributed by atoms with E-state index in [2.05, 4.69) is 10.5 Å². The van der Waals surface area contributed by atoms with Crippen LogP contribution in [0.5, 0.6) is 5.75 Å². The van der Waals surface area contributed by atoms with Gasteiger partial charge in [0.05, 0.1) is 21.7 Å². The molecule has 1 unspecified atom stereocenters. The van der Waals surface area contributed by atoms with Crippen molar-refractivity contribution in [3.05, 3.63) is 42.5 Å². The average Bonchev–Trinajstić information content (AvgIpc) is 3.37. The van der Waals surface area contributed by atoms with Gasteiger partial charge in [-0.25, -0.2) is 23.7 Å². The number of carbonyl (C=O) groups excluding carboxylic acids is 1. The Morgan fingerprint density at radius 2 is 1.92 bits per heavy atom. The molecule has 3 heterocycles. The molecule has 0 saturated carbocycles. The summed E-state index contributed by atoms with van der Waals surface area (Å²) in [5, 5.41) is 0.770. The number of aromatic nitrogens is 1. The molecule has 1 amide bonds. The Morgan fingerprint density at radius 1 is 1.14 bits per heavy atom. The maximum absolute atomic E-state index is 14.0. The van der Waals surface area contributed by atoms with Crippen molar-refractivity contribution in [2.75, 3.05) is 26.4 Å². The number of hydrogen-bond acceptors (Lipinski definition) is 9. The molecule has 0 aliphatic carbocycles. The summed E-state index contributed by atoms with van der Waals surface area (Å²) >= 11 is 1.40.